The highest BCUT2D eigenvalue weighted by molar-refractivity contribution is 7.91. The molecule has 0 aliphatic carbocycles. The Morgan fingerprint density at radius 3 is 1.44 bits per heavy atom. The minimum absolute atomic E-state index is 0.0326. The number of aryl methyl sites for hydroxylation is 2. The van der Waals surface area contributed by atoms with Gasteiger partial charge in [0, 0.05) is 118 Å². The number of H-pyrrole nitrogens is 1. The molecule has 0 radical (unpaired) electrons. The van der Waals surface area contributed by atoms with Crippen molar-refractivity contribution in [2.45, 2.75) is 252 Å². The Kier molecular flexibility index (Phi) is 63.4. The number of Topliss-reactive ketones (excluding diaryl/α,β-unsaturated/α-hetero) is 4. The molecule has 11 rings (SSSR count). The van der Waals surface area contributed by atoms with Crippen LogP contribution in [-0.4, -0.2) is 146 Å². The third-order valence-corrected chi connectivity index (χ3v) is 20.9. The molecule has 127 heavy (non-hydrogen) atoms. The van der Waals surface area contributed by atoms with E-state index >= 15 is 0 Å². The van der Waals surface area contributed by atoms with Crippen LogP contribution in [0.25, 0.3) is 16.2 Å². The zero-order chi connectivity index (χ0) is 95.5. The zero-order valence-electron chi connectivity index (χ0n) is 80.0. The number of carbonyl (C=O) groups excluding carboxylic acids is 7. The first-order valence-electron chi connectivity index (χ1n) is 45.0. The predicted molar refractivity (Wildman–Crippen MR) is 520 cm³/mol. The second-order valence-corrected chi connectivity index (χ2v) is 34.4. The number of carboxylic acids is 1. The Balaban J connectivity index is 0.00000138. The van der Waals surface area contributed by atoms with Crippen LogP contribution in [0.2, 0.25) is 0 Å². The number of hydrogen-bond acceptors (Lipinski definition) is 16. The predicted octanol–water partition coefficient (Wildman–Crippen LogP) is 23.6. The molecule has 3 N–H and O–H groups in total. The van der Waals surface area contributed by atoms with E-state index < -0.39 is 15.8 Å². The monoisotopic (exact) mass is 1760 g/mol. The maximum absolute atomic E-state index is 11.9. The van der Waals surface area contributed by atoms with E-state index in [1.807, 2.05) is 173 Å². The van der Waals surface area contributed by atoms with Crippen LogP contribution in [0.15, 0.2) is 217 Å². The molecule has 23 heteroatoms. The van der Waals surface area contributed by atoms with Crippen molar-refractivity contribution in [2.24, 2.45) is 23.7 Å². The molecular formula is C104H149N11O11S. The molecule has 9 aromatic rings. The van der Waals surface area contributed by atoms with Crippen LogP contribution < -0.4 is 10.2 Å². The summed E-state index contributed by atoms with van der Waals surface area (Å²) in [7, 11) is -3.00. The summed E-state index contributed by atoms with van der Waals surface area (Å²) in [5.74, 6) is 3.97. The van der Waals surface area contributed by atoms with Crippen LogP contribution in [0, 0.1) is 30.2 Å². The van der Waals surface area contributed by atoms with E-state index in [2.05, 4.69) is 163 Å². The molecule has 7 aromatic carbocycles. The number of rotatable bonds is 24. The number of anilines is 2. The van der Waals surface area contributed by atoms with Crippen LogP contribution in [-0.2, 0) is 51.4 Å². The lowest BCUT2D eigenvalue weighted by molar-refractivity contribution is -0.140. The van der Waals surface area contributed by atoms with Gasteiger partial charge in [0.05, 0.1) is 23.1 Å². The number of carboxylic acid groups (broad SMARTS) is 1. The number of aromatic nitrogens is 6. The highest BCUT2D eigenvalue weighted by Gasteiger charge is 2.23. The number of amides is 3. The lowest BCUT2D eigenvalue weighted by Gasteiger charge is -2.35. The van der Waals surface area contributed by atoms with Gasteiger partial charge < -0.3 is 29.9 Å². The molecular weight excluding hydrogens is 1610 g/mol. The molecule has 3 amide bonds. The minimum Gasteiger partial charge on any atom is -0.481 e. The molecule has 0 atom stereocenters. The van der Waals surface area contributed by atoms with Crippen LogP contribution in [0.4, 0.5) is 17.3 Å². The molecule has 2 saturated heterocycles. The van der Waals surface area contributed by atoms with E-state index in [1.54, 1.807) is 77.3 Å². The van der Waals surface area contributed by atoms with Crippen molar-refractivity contribution in [3.8, 4) is 11.4 Å². The molecule has 2 aromatic heterocycles. The van der Waals surface area contributed by atoms with Crippen molar-refractivity contribution in [3.63, 3.8) is 0 Å². The van der Waals surface area contributed by atoms with E-state index in [1.165, 1.54) is 54.4 Å². The number of ketones is 4. The Morgan fingerprint density at radius 2 is 1.02 bits per heavy atom. The molecule has 0 saturated carbocycles. The Morgan fingerprint density at radius 1 is 0.512 bits per heavy atom. The van der Waals surface area contributed by atoms with Crippen LogP contribution in [0.5, 0.6) is 0 Å². The van der Waals surface area contributed by atoms with Gasteiger partial charge in [-0.15, -0.1) is 10.2 Å². The number of unbranched alkanes of at least 4 members (excludes halogenated alkanes) is 1. The molecule has 692 valence electrons. The lowest BCUT2D eigenvalue weighted by Crippen LogP contribution is -2.49. The highest BCUT2D eigenvalue weighted by Crippen LogP contribution is 2.21. The molecule has 22 nitrogen and oxygen atoms in total. The van der Waals surface area contributed by atoms with Crippen molar-refractivity contribution < 1.29 is 51.9 Å². The molecule has 2 aliphatic heterocycles. The van der Waals surface area contributed by atoms with Crippen molar-refractivity contribution in [1.29, 1.82) is 0 Å². The molecule has 0 bridgehead atoms. The fourth-order valence-corrected chi connectivity index (χ4v) is 11.5. The number of tetrazole rings is 1. The number of nitrogens with one attached hydrogen (secondary N) is 2. The van der Waals surface area contributed by atoms with Crippen LogP contribution >= 0.6 is 0 Å². The second kappa shape index (κ2) is 69.7. The fraction of sp³-hybridized carbons (Fsp3) is 0.462. The summed E-state index contributed by atoms with van der Waals surface area (Å²) in [6.45, 7) is 52.5. The number of para-hydroxylation sites is 1. The van der Waals surface area contributed by atoms with Gasteiger partial charge in [0.2, 0.25) is 29.5 Å². The molecule has 4 heterocycles. The maximum atomic E-state index is 11.9. The van der Waals surface area contributed by atoms with Gasteiger partial charge in [-0.05, 0) is 140 Å². The average molecular weight is 1760 g/mol. The van der Waals surface area contributed by atoms with Gasteiger partial charge in [-0.2, -0.15) is 5.21 Å². The first-order valence-corrected chi connectivity index (χ1v) is 46.6. The summed E-state index contributed by atoms with van der Waals surface area (Å²) < 4.78 is 22.4. The Labute approximate surface area is 761 Å². The summed E-state index contributed by atoms with van der Waals surface area (Å²) in [6, 6.07) is 63.6. The van der Waals surface area contributed by atoms with Gasteiger partial charge in [0.15, 0.2) is 27.1 Å². The molecule has 0 spiro atoms. The third kappa shape index (κ3) is 54.9. The van der Waals surface area contributed by atoms with Crippen molar-refractivity contribution in [1.82, 2.24) is 40.4 Å². The number of carbonyl (C=O) groups is 8. The number of aliphatic carboxylic acids is 1. The zero-order valence-corrected chi connectivity index (χ0v) is 80.8. The number of aromatic amines is 1. The van der Waals surface area contributed by atoms with Gasteiger partial charge in [-0.3, -0.25) is 33.6 Å². The van der Waals surface area contributed by atoms with Crippen LogP contribution in [0.3, 0.4) is 0 Å². The molecule has 0 unspecified atom stereocenters. The van der Waals surface area contributed by atoms with Gasteiger partial charge >= 0.3 is 5.97 Å². The Hall–Kier alpha value is -11.5. The summed E-state index contributed by atoms with van der Waals surface area (Å²) in [6.07, 6.45) is 17.1. The van der Waals surface area contributed by atoms with Crippen molar-refractivity contribution >= 4 is 74.0 Å². The van der Waals surface area contributed by atoms with Crippen molar-refractivity contribution in [2.75, 3.05) is 55.2 Å². The van der Waals surface area contributed by atoms with E-state index in [0.717, 1.165) is 105 Å². The van der Waals surface area contributed by atoms with E-state index in [9.17, 15) is 46.8 Å². The minimum atomic E-state index is -3.00. The third-order valence-electron chi connectivity index (χ3n) is 19.2. The number of nitrogens with zero attached hydrogens (tertiary/aromatic N) is 9. The summed E-state index contributed by atoms with van der Waals surface area (Å²) >= 11 is 0. The van der Waals surface area contributed by atoms with Gasteiger partial charge in [0.1, 0.15) is 11.6 Å². The highest BCUT2D eigenvalue weighted by atomic mass is 32.2. The molecule has 2 aliphatic rings. The topological polar surface area (TPSA) is 297 Å². The number of piperazine rings is 1. The van der Waals surface area contributed by atoms with E-state index in [4.69, 9.17) is 11.7 Å². The first kappa shape index (κ1) is 115. The summed E-state index contributed by atoms with van der Waals surface area (Å²) in [5, 5.41) is 24.5. The SMILES string of the molecule is CC(=O)C(C)C.CC(C)C(=O)Nc1ccccc1.CC(C)C(=O)O.CC(C)CC(=O)N1CCN(c2ncccn2)CC1.CCC(=O)c1ccccc1.CCC(C)=O.CCCC(=O)N1CCCCC1.CCCCC(=O)c1cccc(C(C)C)c1.CCCc1ccccc1.CCS(=O)(=O)c1ccccc1.CCc1ccc(-c2nn[nH]n2)cc1.[C-]#[N+]c1ccc(C(C)C)cc1. The van der Waals surface area contributed by atoms with Crippen LogP contribution in [0.1, 0.15) is 277 Å². The number of benzene rings is 7. The van der Waals surface area contributed by atoms with Gasteiger partial charge in [-0.1, -0.05) is 308 Å². The van der Waals surface area contributed by atoms with E-state index in [0.29, 0.717) is 60.1 Å². The number of sulfone groups is 1. The standard InChI is InChI=1S/C14H20O.C13H20N4O.C10H13NO.C10H11N.C9H10N4.C9H17NO.C9H10O.C9H12.C8H10O2S.C5H10O.C4H8O2.C4H8O/c1-4-5-9-14(15)13-8-6-7-12(10-13)11(2)3;1-11(2)10-12(18)16-6-8-17(9-7-16)13-14-4-3-5-15-13;1-8(2)10(12)11-9-6-4-3-5-7-9;1-8(2)9-4-6-10(11-3)7-5-9;1-2-7-3-5-8(6-4-7)9-10-12-13-11-9;1-2-6-9(11)10-7-4-3-5-8-10;1-2-9(10)8-6-4-3-5-7-8;1-2-6-9-7-4-3-5-8-9;1-2-11(9,10)8-6-4-3-5-7-8;1-4(2)5(3)6;1-3(2)4(5)6;1-3-4(2)5/h6-8,10-11H,4-5,9H2,1-3H3;3-5,11H,6-10H2,1-2H3;3-8H,1-2H3,(H,11,12);4-8H,1-2H3;3-6H,2H2,1H3,(H,10,11,12,13);2-8H2,1H3;3-7H,2H2,1H3;3-5,7-8H,2,6H2,1H3;3-7H,2H2,1H3;4H,1-3H3;3H,1-2H3,(H,5,6);3H2,1-2H3. The summed E-state index contributed by atoms with van der Waals surface area (Å²) in [5.41, 5.74) is 9.54. The van der Waals surface area contributed by atoms with Gasteiger partial charge in [0.25, 0.3) is 0 Å². The van der Waals surface area contributed by atoms with E-state index in [-0.39, 0.29) is 58.5 Å². The van der Waals surface area contributed by atoms with Gasteiger partial charge in [-0.25, -0.2) is 23.2 Å². The first-order chi connectivity index (χ1) is 60.5. The number of piperidine rings is 1. The largest absolute Gasteiger partial charge is 0.481 e. The molecule has 2 fully saturated rings. The number of likely N-dealkylation sites (tertiary alicyclic amines) is 1. The lowest BCUT2D eigenvalue weighted by atomic mass is 9.98. The second-order valence-electron chi connectivity index (χ2n) is 32.1. The normalized spacial score (nSPS) is 11.5. The van der Waals surface area contributed by atoms with Crippen molar-refractivity contribution in [3.05, 3.63) is 257 Å². The smallest absolute Gasteiger partial charge is 0.305 e. The maximum Gasteiger partial charge on any atom is 0.305 e. The summed E-state index contributed by atoms with van der Waals surface area (Å²) in [4.78, 5) is 105. The average Bonchev–Trinajstić information content (AvgIpc) is 1.21. The quantitative estimate of drug-likeness (QED) is 0.0374. The number of hydrogen-bond donors (Lipinski definition) is 3. The Bertz CT molecular complexity index is 4560. The fourth-order valence-electron chi connectivity index (χ4n) is 10.6.